The van der Waals surface area contributed by atoms with E-state index in [2.05, 4.69) is 27.8 Å². The molecule has 2 heterocycles. The highest BCUT2D eigenvalue weighted by atomic mass is 16.4. The number of hydrogen-bond donors (Lipinski definition) is 1. The van der Waals surface area contributed by atoms with E-state index in [4.69, 9.17) is 0 Å². The van der Waals surface area contributed by atoms with Crippen molar-refractivity contribution in [1.82, 2.24) is 9.55 Å². The summed E-state index contributed by atoms with van der Waals surface area (Å²) >= 11 is 0. The lowest BCUT2D eigenvalue weighted by Gasteiger charge is -2.08. The number of carbonyl (C=O) groups is 1. The van der Waals surface area contributed by atoms with Crippen LogP contribution in [0, 0.1) is 0 Å². The van der Waals surface area contributed by atoms with E-state index >= 15 is 0 Å². The van der Waals surface area contributed by atoms with Gasteiger partial charge in [-0.05, 0) is 53.5 Å². The first kappa shape index (κ1) is 14.0. The van der Waals surface area contributed by atoms with Crippen molar-refractivity contribution in [1.29, 1.82) is 0 Å². The normalized spacial score (nSPS) is 14.3. The van der Waals surface area contributed by atoms with Crippen molar-refractivity contribution in [3.05, 3.63) is 65.1 Å². The SMILES string of the molecule is Cn1ccc2ccc(Cc3ncc(C4CC4)cc3C(=O)O)cc21. The van der Waals surface area contributed by atoms with Gasteiger partial charge in [-0.3, -0.25) is 4.98 Å². The Hall–Kier alpha value is -2.62. The number of benzene rings is 1. The fourth-order valence-electron chi connectivity index (χ4n) is 3.09. The van der Waals surface area contributed by atoms with Crippen LogP contribution in [0.4, 0.5) is 0 Å². The summed E-state index contributed by atoms with van der Waals surface area (Å²) in [5.74, 6) is -0.385. The third-order valence-electron chi connectivity index (χ3n) is 4.59. The van der Waals surface area contributed by atoms with E-state index < -0.39 is 5.97 Å². The maximum Gasteiger partial charge on any atom is 0.337 e. The Bertz CT molecular complexity index is 907. The summed E-state index contributed by atoms with van der Waals surface area (Å²) in [6.45, 7) is 0. The molecule has 0 spiro atoms. The molecule has 1 fully saturated rings. The van der Waals surface area contributed by atoms with E-state index in [1.807, 2.05) is 31.6 Å². The van der Waals surface area contributed by atoms with Crippen molar-refractivity contribution >= 4 is 16.9 Å². The van der Waals surface area contributed by atoms with Crippen LogP contribution in [0.5, 0.6) is 0 Å². The van der Waals surface area contributed by atoms with Gasteiger partial charge in [0.1, 0.15) is 0 Å². The summed E-state index contributed by atoms with van der Waals surface area (Å²) in [6.07, 6.45) is 6.70. The standard InChI is InChI=1S/C19H18N2O2/c1-21-7-6-14-3-2-12(9-18(14)21)8-17-16(19(22)23)10-15(11-20-17)13-4-5-13/h2-3,6-7,9-11,13H,4-5,8H2,1H3,(H,22,23). The Morgan fingerprint density at radius 3 is 2.87 bits per heavy atom. The molecule has 4 nitrogen and oxygen atoms in total. The summed E-state index contributed by atoms with van der Waals surface area (Å²) in [5, 5.41) is 10.7. The monoisotopic (exact) mass is 306 g/mol. The number of carboxylic acids is 1. The van der Waals surface area contributed by atoms with Crippen molar-refractivity contribution < 1.29 is 9.90 Å². The minimum Gasteiger partial charge on any atom is -0.478 e. The Kier molecular flexibility index (Phi) is 3.18. The second kappa shape index (κ2) is 5.23. The fourth-order valence-corrected chi connectivity index (χ4v) is 3.09. The van der Waals surface area contributed by atoms with Gasteiger partial charge < -0.3 is 9.67 Å². The van der Waals surface area contributed by atoms with E-state index in [-0.39, 0.29) is 0 Å². The summed E-state index contributed by atoms with van der Waals surface area (Å²) in [6, 6.07) is 10.1. The molecule has 4 rings (SSSR count). The lowest BCUT2D eigenvalue weighted by molar-refractivity contribution is 0.0695. The number of aryl methyl sites for hydroxylation is 1. The van der Waals surface area contributed by atoms with Crippen LogP contribution >= 0.6 is 0 Å². The van der Waals surface area contributed by atoms with Gasteiger partial charge in [-0.15, -0.1) is 0 Å². The third-order valence-corrected chi connectivity index (χ3v) is 4.59. The van der Waals surface area contributed by atoms with Crippen molar-refractivity contribution in [2.45, 2.75) is 25.2 Å². The van der Waals surface area contributed by atoms with Crippen LogP contribution in [0.3, 0.4) is 0 Å². The van der Waals surface area contributed by atoms with E-state index in [9.17, 15) is 9.90 Å². The molecule has 1 aliphatic carbocycles. The largest absolute Gasteiger partial charge is 0.478 e. The van der Waals surface area contributed by atoms with Crippen molar-refractivity contribution in [2.75, 3.05) is 0 Å². The molecule has 0 amide bonds. The minimum atomic E-state index is -0.894. The van der Waals surface area contributed by atoms with Gasteiger partial charge >= 0.3 is 5.97 Å². The number of aromatic nitrogens is 2. The van der Waals surface area contributed by atoms with Crippen LogP contribution in [0.2, 0.25) is 0 Å². The number of hydrogen-bond acceptors (Lipinski definition) is 2. The predicted molar refractivity (Wildman–Crippen MR) is 88.9 cm³/mol. The molecule has 0 saturated heterocycles. The molecule has 0 unspecified atom stereocenters. The molecule has 0 aliphatic heterocycles. The molecule has 23 heavy (non-hydrogen) atoms. The van der Waals surface area contributed by atoms with Crippen molar-refractivity contribution in [3.63, 3.8) is 0 Å². The first-order valence-corrected chi connectivity index (χ1v) is 7.88. The zero-order chi connectivity index (χ0) is 16.0. The van der Waals surface area contributed by atoms with Crippen LogP contribution in [0.25, 0.3) is 10.9 Å². The van der Waals surface area contributed by atoms with Crippen LogP contribution in [0.1, 0.15) is 45.9 Å². The van der Waals surface area contributed by atoms with E-state index in [1.165, 1.54) is 5.39 Å². The van der Waals surface area contributed by atoms with Crippen LogP contribution in [0.15, 0.2) is 42.7 Å². The van der Waals surface area contributed by atoms with E-state index in [0.717, 1.165) is 29.5 Å². The molecule has 116 valence electrons. The van der Waals surface area contributed by atoms with Gasteiger partial charge in [0.15, 0.2) is 0 Å². The average molecular weight is 306 g/mol. The highest BCUT2D eigenvalue weighted by Gasteiger charge is 2.25. The summed E-state index contributed by atoms with van der Waals surface area (Å²) in [4.78, 5) is 16.0. The van der Waals surface area contributed by atoms with Crippen molar-refractivity contribution in [3.8, 4) is 0 Å². The van der Waals surface area contributed by atoms with Crippen LogP contribution < -0.4 is 0 Å². The van der Waals surface area contributed by atoms with Crippen LogP contribution in [-0.4, -0.2) is 20.6 Å². The Labute approximate surface area is 134 Å². The maximum absolute atomic E-state index is 11.6. The maximum atomic E-state index is 11.6. The van der Waals surface area contributed by atoms with Gasteiger partial charge in [0.05, 0.1) is 11.3 Å². The van der Waals surface area contributed by atoms with E-state index in [1.54, 1.807) is 0 Å². The Morgan fingerprint density at radius 2 is 2.13 bits per heavy atom. The van der Waals surface area contributed by atoms with Gasteiger partial charge in [0.2, 0.25) is 0 Å². The molecule has 2 aromatic heterocycles. The van der Waals surface area contributed by atoms with Gasteiger partial charge in [-0.25, -0.2) is 4.79 Å². The molecule has 1 saturated carbocycles. The number of fused-ring (bicyclic) bond motifs is 1. The lowest BCUT2D eigenvalue weighted by Crippen LogP contribution is -2.07. The smallest absolute Gasteiger partial charge is 0.337 e. The molecule has 1 N–H and O–H groups in total. The zero-order valence-corrected chi connectivity index (χ0v) is 13.0. The molecule has 0 bridgehead atoms. The Morgan fingerprint density at radius 1 is 1.30 bits per heavy atom. The lowest BCUT2D eigenvalue weighted by atomic mass is 10.0. The quantitative estimate of drug-likeness (QED) is 0.799. The number of aromatic carboxylic acids is 1. The zero-order valence-electron chi connectivity index (χ0n) is 13.0. The fraction of sp³-hybridized carbons (Fsp3) is 0.263. The Balaban J connectivity index is 1.71. The van der Waals surface area contributed by atoms with Gasteiger partial charge in [-0.1, -0.05) is 12.1 Å². The number of carboxylic acid groups (broad SMARTS) is 1. The third kappa shape index (κ3) is 2.61. The van der Waals surface area contributed by atoms with Gasteiger partial charge in [-0.2, -0.15) is 0 Å². The predicted octanol–water partition coefficient (Wildman–Crippen LogP) is 3.74. The molecule has 4 heteroatoms. The van der Waals surface area contributed by atoms with E-state index in [0.29, 0.717) is 23.6 Å². The molecular weight excluding hydrogens is 288 g/mol. The second-order valence-corrected chi connectivity index (χ2v) is 6.34. The minimum absolute atomic E-state index is 0.335. The molecule has 1 aliphatic rings. The average Bonchev–Trinajstić information content (AvgIpc) is 3.33. The molecular formula is C19H18N2O2. The van der Waals surface area contributed by atoms with Gasteiger partial charge in [0, 0.05) is 31.4 Å². The molecule has 1 aromatic carbocycles. The number of nitrogens with zero attached hydrogens (tertiary/aromatic N) is 2. The summed E-state index contributed by atoms with van der Waals surface area (Å²) < 4.78 is 2.07. The first-order valence-electron chi connectivity index (χ1n) is 7.88. The van der Waals surface area contributed by atoms with Gasteiger partial charge in [0.25, 0.3) is 0 Å². The second-order valence-electron chi connectivity index (χ2n) is 6.34. The number of rotatable bonds is 4. The molecule has 0 atom stereocenters. The number of pyridine rings is 1. The first-order chi connectivity index (χ1) is 11.1. The summed E-state index contributed by atoms with van der Waals surface area (Å²) in [5.41, 5.74) is 4.25. The molecule has 0 radical (unpaired) electrons. The van der Waals surface area contributed by atoms with Crippen LogP contribution in [-0.2, 0) is 13.5 Å². The highest BCUT2D eigenvalue weighted by molar-refractivity contribution is 5.89. The topological polar surface area (TPSA) is 55.1 Å². The highest BCUT2D eigenvalue weighted by Crippen LogP contribution is 2.40. The summed E-state index contributed by atoms with van der Waals surface area (Å²) in [7, 11) is 2.01. The molecule has 3 aromatic rings. The van der Waals surface area contributed by atoms with Crippen molar-refractivity contribution in [2.24, 2.45) is 7.05 Å².